The van der Waals surface area contributed by atoms with E-state index in [4.69, 9.17) is 25.8 Å². The van der Waals surface area contributed by atoms with Crippen LogP contribution in [0.4, 0.5) is 0 Å². The first kappa shape index (κ1) is 12.5. The molecule has 0 amide bonds. The van der Waals surface area contributed by atoms with E-state index < -0.39 is 34.7 Å². The second-order valence-corrected chi connectivity index (χ2v) is 4.09. The van der Waals surface area contributed by atoms with Crippen molar-refractivity contribution in [1.29, 1.82) is 0 Å². The Morgan fingerprint density at radius 3 is 2.53 bits per heavy atom. The van der Waals surface area contributed by atoms with Gasteiger partial charge in [-0.3, -0.25) is 4.79 Å². The Labute approximate surface area is 101 Å². The highest BCUT2D eigenvalue weighted by Crippen LogP contribution is 2.30. The Hall–Kier alpha value is -0.960. The summed E-state index contributed by atoms with van der Waals surface area (Å²) in [6, 6.07) is 0. The highest BCUT2D eigenvalue weighted by molar-refractivity contribution is 6.63. The van der Waals surface area contributed by atoms with Crippen molar-refractivity contribution in [2.24, 2.45) is 0 Å². The van der Waals surface area contributed by atoms with Gasteiger partial charge >= 0.3 is 0 Å². The molecule has 4 unspecified atom stereocenters. The lowest BCUT2D eigenvalue weighted by Crippen LogP contribution is -2.35. The predicted molar refractivity (Wildman–Crippen MR) is 51.9 cm³/mol. The van der Waals surface area contributed by atoms with E-state index >= 15 is 0 Å². The smallest absolute Gasteiger partial charge is 0.294 e. The molecule has 0 spiro atoms. The van der Waals surface area contributed by atoms with Crippen LogP contribution in [0.1, 0.15) is 0 Å². The molecule has 9 heteroatoms. The zero-order valence-corrected chi connectivity index (χ0v) is 9.37. The molecule has 2 fully saturated rings. The Bertz CT molecular complexity index is 325. The summed E-state index contributed by atoms with van der Waals surface area (Å²) in [6.07, 6.45) is -2.22. The van der Waals surface area contributed by atoms with Crippen molar-refractivity contribution < 1.29 is 28.9 Å². The second-order valence-electron chi connectivity index (χ2n) is 3.67. The van der Waals surface area contributed by atoms with Gasteiger partial charge in [0.2, 0.25) is 5.24 Å². The van der Waals surface area contributed by atoms with Crippen LogP contribution in [0, 0.1) is 10.1 Å². The minimum atomic E-state index is -0.879. The fraction of sp³-hybridized carbons (Fsp3) is 0.875. The summed E-state index contributed by atoms with van der Waals surface area (Å²) < 4.78 is 15.8. The van der Waals surface area contributed by atoms with E-state index in [2.05, 4.69) is 4.84 Å². The molecule has 2 saturated heterocycles. The van der Waals surface area contributed by atoms with Crippen LogP contribution in [0.15, 0.2) is 0 Å². The van der Waals surface area contributed by atoms with Gasteiger partial charge in [-0.1, -0.05) is 0 Å². The molecule has 0 N–H and O–H groups in total. The number of nitrogens with zero attached hydrogens (tertiary/aromatic N) is 1. The molecule has 0 saturated carbocycles. The summed E-state index contributed by atoms with van der Waals surface area (Å²) in [7, 11) is 0. The number of hydrogen-bond acceptors (Lipinski definition) is 7. The maximum absolute atomic E-state index is 10.5. The molecule has 96 valence electrons. The van der Waals surface area contributed by atoms with Gasteiger partial charge in [0.25, 0.3) is 5.09 Å². The van der Waals surface area contributed by atoms with Gasteiger partial charge in [0.05, 0.1) is 13.2 Å². The van der Waals surface area contributed by atoms with E-state index in [0.29, 0.717) is 0 Å². The van der Waals surface area contributed by atoms with Gasteiger partial charge in [-0.2, -0.15) is 0 Å². The molecule has 2 aliphatic heterocycles. The Kier molecular flexibility index (Phi) is 3.77. The molecule has 0 aromatic rings. The number of carbonyl (C=O) groups is 1. The second kappa shape index (κ2) is 5.13. The third-order valence-corrected chi connectivity index (χ3v) is 2.70. The SMILES string of the molecule is O=C(Cl)COC1COC2C(O[N+](=O)[O-])COC12. The number of hydrogen-bond donors (Lipinski definition) is 0. The molecule has 2 rings (SSSR count). The van der Waals surface area contributed by atoms with E-state index in [1.807, 2.05) is 0 Å². The first-order valence-electron chi connectivity index (χ1n) is 4.92. The Balaban J connectivity index is 1.88. The summed E-state index contributed by atoms with van der Waals surface area (Å²) in [5, 5.41) is 8.72. The first-order chi connectivity index (χ1) is 8.08. The van der Waals surface area contributed by atoms with Gasteiger partial charge in [0.1, 0.15) is 24.9 Å². The Morgan fingerprint density at radius 2 is 1.94 bits per heavy atom. The maximum Gasteiger partial charge on any atom is 0.294 e. The van der Waals surface area contributed by atoms with Crippen LogP contribution in [0.5, 0.6) is 0 Å². The summed E-state index contributed by atoms with van der Waals surface area (Å²) in [6.45, 7) is 0.00495. The highest BCUT2D eigenvalue weighted by Gasteiger charge is 2.50. The van der Waals surface area contributed by atoms with Crippen molar-refractivity contribution in [3.05, 3.63) is 10.1 Å². The number of ether oxygens (including phenoxy) is 3. The Morgan fingerprint density at radius 1 is 1.35 bits per heavy atom. The summed E-state index contributed by atoms with van der Waals surface area (Å²) >= 11 is 5.14. The fourth-order valence-corrected chi connectivity index (χ4v) is 2.01. The van der Waals surface area contributed by atoms with Crippen molar-refractivity contribution >= 4 is 16.8 Å². The largest absolute Gasteiger partial charge is 0.370 e. The molecule has 0 aromatic carbocycles. The molecule has 2 heterocycles. The average molecular weight is 268 g/mol. The number of carbonyl (C=O) groups excluding carboxylic acids is 1. The quantitative estimate of drug-likeness (QED) is 0.377. The lowest BCUT2D eigenvalue weighted by molar-refractivity contribution is -0.769. The van der Waals surface area contributed by atoms with Crippen molar-refractivity contribution in [2.75, 3.05) is 19.8 Å². The predicted octanol–water partition coefficient (Wildman–Crippen LogP) is -0.488. The minimum Gasteiger partial charge on any atom is -0.370 e. The summed E-state index contributed by atoms with van der Waals surface area (Å²) in [5.41, 5.74) is 0. The molecular formula is C8H10ClNO7. The van der Waals surface area contributed by atoms with Gasteiger partial charge in [-0.25, -0.2) is 0 Å². The van der Waals surface area contributed by atoms with Crippen LogP contribution < -0.4 is 0 Å². The van der Waals surface area contributed by atoms with Crippen LogP contribution in [-0.4, -0.2) is 54.6 Å². The zero-order chi connectivity index (χ0) is 12.4. The molecular weight excluding hydrogens is 258 g/mol. The van der Waals surface area contributed by atoms with Crippen LogP contribution in [-0.2, 0) is 23.8 Å². The summed E-state index contributed by atoms with van der Waals surface area (Å²) in [4.78, 5) is 25.2. The topological polar surface area (TPSA) is 97.1 Å². The highest BCUT2D eigenvalue weighted by atomic mass is 35.5. The van der Waals surface area contributed by atoms with E-state index in [1.54, 1.807) is 0 Å². The lowest BCUT2D eigenvalue weighted by Gasteiger charge is -2.15. The van der Waals surface area contributed by atoms with Crippen LogP contribution in [0.2, 0.25) is 0 Å². The molecule has 8 nitrogen and oxygen atoms in total. The molecule has 2 aliphatic rings. The van der Waals surface area contributed by atoms with Crippen LogP contribution in [0.3, 0.4) is 0 Å². The average Bonchev–Trinajstić information content (AvgIpc) is 2.78. The van der Waals surface area contributed by atoms with Gasteiger partial charge in [-0.15, -0.1) is 10.1 Å². The normalized spacial score (nSPS) is 35.6. The molecule has 4 atom stereocenters. The zero-order valence-electron chi connectivity index (χ0n) is 8.61. The van der Waals surface area contributed by atoms with Crippen molar-refractivity contribution in [3.8, 4) is 0 Å². The standard InChI is InChI=1S/C8H10ClNO7/c9-6(11)3-14-4-1-15-8-5(17-10(12)13)2-16-7(4)8/h4-5,7-8H,1-3H2. The first-order valence-corrected chi connectivity index (χ1v) is 5.30. The van der Waals surface area contributed by atoms with E-state index in [0.717, 1.165) is 0 Å². The summed E-state index contributed by atoms with van der Waals surface area (Å²) in [5.74, 6) is 0. The van der Waals surface area contributed by atoms with Crippen molar-refractivity contribution in [3.63, 3.8) is 0 Å². The number of fused-ring (bicyclic) bond motifs is 1. The van der Waals surface area contributed by atoms with Gasteiger partial charge < -0.3 is 19.0 Å². The molecule has 0 aliphatic carbocycles. The third-order valence-electron chi connectivity index (χ3n) is 2.59. The fourth-order valence-electron chi connectivity index (χ4n) is 1.95. The van der Waals surface area contributed by atoms with Gasteiger partial charge in [0.15, 0.2) is 6.10 Å². The molecule has 0 aromatic heterocycles. The number of halogens is 1. The third kappa shape index (κ3) is 2.83. The lowest BCUT2D eigenvalue weighted by atomic mass is 10.1. The van der Waals surface area contributed by atoms with E-state index in [9.17, 15) is 14.9 Å². The van der Waals surface area contributed by atoms with E-state index in [-0.39, 0.29) is 19.8 Å². The van der Waals surface area contributed by atoms with Crippen LogP contribution >= 0.6 is 11.6 Å². The number of rotatable bonds is 5. The molecule has 0 bridgehead atoms. The molecule has 17 heavy (non-hydrogen) atoms. The van der Waals surface area contributed by atoms with Gasteiger partial charge in [0, 0.05) is 0 Å². The monoisotopic (exact) mass is 267 g/mol. The minimum absolute atomic E-state index is 0.0605. The van der Waals surface area contributed by atoms with E-state index in [1.165, 1.54) is 0 Å². The van der Waals surface area contributed by atoms with Crippen LogP contribution in [0.25, 0.3) is 0 Å². The van der Waals surface area contributed by atoms with Crippen molar-refractivity contribution in [1.82, 2.24) is 0 Å². The maximum atomic E-state index is 10.5. The van der Waals surface area contributed by atoms with Crippen molar-refractivity contribution in [2.45, 2.75) is 24.4 Å². The van der Waals surface area contributed by atoms with Gasteiger partial charge in [-0.05, 0) is 11.6 Å². The molecule has 0 radical (unpaired) electrons.